The van der Waals surface area contributed by atoms with Crippen molar-refractivity contribution in [1.29, 1.82) is 0 Å². The fraction of sp³-hybridized carbons (Fsp3) is 0.308. The van der Waals surface area contributed by atoms with Gasteiger partial charge in [0.15, 0.2) is 0 Å². The highest BCUT2D eigenvalue weighted by molar-refractivity contribution is 6.84. The molecule has 0 radical (unpaired) electrons. The molecule has 2 fully saturated rings. The molecular weight excluding hydrogens is 231 g/mol. The number of hydrogen-bond donors (Lipinski definition) is 0. The molecule has 2 heterocycles. The van der Waals surface area contributed by atoms with Gasteiger partial charge in [-0.2, -0.15) is 0 Å². The standard InChI is InChI=1S/C13H15BO4/c1-2-3-4-5-6-7-8-14-11(9-12(15)17-14)10-13(16)18-14/h3-8H,2,9-10H2,1H3/b4-3+,6-5+,8-7+. The minimum atomic E-state index is -1.96. The minimum absolute atomic E-state index is 0.190. The maximum absolute atomic E-state index is 11.3. The third kappa shape index (κ3) is 2.50. The third-order valence-electron chi connectivity index (χ3n) is 2.99. The van der Waals surface area contributed by atoms with E-state index in [1.807, 2.05) is 24.3 Å². The van der Waals surface area contributed by atoms with Crippen LogP contribution in [0, 0.1) is 5.82 Å². The number of carbonyl (C=O) groups is 2. The lowest BCUT2D eigenvalue weighted by atomic mass is 9.49. The molecule has 0 atom stereocenters. The highest BCUT2D eigenvalue weighted by Crippen LogP contribution is 2.40. The second-order valence-electron chi connectivity index (χ2n) is 4.37. The maximum atomic E-state index is 11.3. The van der Waals surface area contributed by atoms with Crippen LogP contribution in [0.15, 0.2) is 36.4 Å². The smallest absolute Gasteiger partial charge is 0.581 e. The van der Waals surface area contributed by atoms with Gasteiger partial charge in [0.1, 0.15) is 12.8 Å². The average Bonchev–Trinajstić information content (AvgIpc) is 2.74. The van der Waals surface area contributed by atoms with E-state index in [9.17, 15) is 9.59 Å². The molecule has 0 bridgehead atoms. The Balaban J connectivity index is 2.03. The van der Waals surface area contributed by atoms with Crippen LogP contribution in [0.5, 0.6) is 0 Å². The molecule has 0 aromatic rings. The molecule has 4 nitrogen and oxygen atoms in total. The van der Waals surface area contributed by atoms with E-state index in [0.717, 1.165) is 12.2 Å². The Bertz CT molecular complexity index is 416. The molecule has 2 saturated heterocycles. The van der Waals surface area contributed by atoms with Gasteiger partial charge >= 0.3 is 18.5 Å². The Morgan fingerprint density at radius 3 is 2.33 bits per heavy atom. The van der Waals surface area contributed by atoms with Gasteiger partial charge in [-0.1, -0.05) is 37.3 Å². The Kier molecular flexibility index (Phi) is 3.60. The quantitative estimate of drug-likeness (QED) is 0.432. The molecule has 18 heavy (non-hydrogen) atoms. The molecule has 0 unspecified atom stereocenters. The molecule has 0 N–H and O–H groups in total. The molecule has 0 amide bonds. The summed E-state index contributed by atoms with van der Waals surface area (Å²) in [6.45, 7) is 0.0971. The van der Waals surface area contributed by atoms with Crippen molar-refractivity contribution in [3.05, 3.63) is 42.2 Å². The van der Waals surface area contributed by atoms with Gasteiger partial charge in [-0.05, 0) is 6.42 Å². The van der Waals surface area contributed by atoms with Crippen LogP contribution in [0.4, 0.5) is 0 Å². The third-order valence-corrected chi connectivity index (χ3v) is 2.99. The van der Waals surface area contributed by atoms with Crippen LogP contribution < -0.4 is 0 Å². The van der Waals surface area contributed by atoms with E-state index in [-0.39, 0.29) is 24.8 Å². The average molecular weight is 246 g/mol. The fourth-order valence-corrected chi connectivity index (χ4v) is 2.15. The summed E-state index contributed by atoms with van der Waals surface area (Å²) < 4.78 is 10.4. The maximum Gasteiger partial charge on any atom is 0.581 e. The lowest BCUT2D eigenvalue weighted by molar-refractivity contribution is -0.138. The molecule has 2 aliphatic rings. The second-order valence-corrected chi connectivity index (χ2v) is 4.37. The van der Waals surface area contributed by atoms with Crippen LogP contribution >= 0.6 is 0 Å². The molecule has 2 aliphatic heterocycles. The van der Waals surface area contributed by atoms with Gasteiger partial charge in [-0.3, -0.25) is 9.59 Å². The van der Waals surface area contributed by atoms with Crippen LogP contribution in [0.25, 0.3) is 0 Å². The molecule has 2 rings (SSSR count). The van der Waals surface area contributed by atoms with E-state index in [0.29, 0.717) is 0 Å². The molecule has 0 saturated carbocycles. The first-order chi connectivity index (χ1) is 8.66. The van der Waals surface area contributed by atoms with Gasteiger partial charge in [-0.25, -0.2) is 0 Å². The lowest BCUT2D eigenvalue weighted by Crippen LogP contribution is -2.37. The van der Waals surface area contributed by atoms with E-state index < -0.39 is 6.55 Å². The lowest BCUT2D eigenvalue weighted by Gasteiger charge is -2.20. The summed E-state index contributed by atoms with van der Waals surface area (Å²) in [6.07, 6.45) is 10.8. The highest BCUT2D eigenvalue weighted by Gasteiger charge is 2.62. The normalized spacial score (nSPS) is 22.2. The van der Waals surface area contributed by atoms with Gasteiger partial charge in [0.2, 0.25) is 0 Å². The summed E-state index contributed by atoms with van der Waals surface area (Å²) >= 11 is 0. The van der Waals surface area contributed by atoms with Crippen molar-refractivity contribution in [3.63, 3.8) is 0 Å². The van der Waals surface area contributed by atoms with Crippen LogP contribution in [0.3, 0.4) is 0 Å². The summed E-state index contributed by atoms with van der Waals surface area (Å²) in [5.41, 5.74) is 0. The largest absolute Gasteiger partial charge is 0.610 e. The van der Waals surface area contributed by atoms with E-state index >= 15 is 0 Å². The number of fused-ring (bicyclic) bond motifs is 1. The number of rotatable bonds is 4. The van der Waals surface area contributed by atoms with Gasteiger partial charge in [0.05, 0.1) is 0 Å². The minimum Gasteiger partial charge on any atom is -0.610 e. The number of allylic oxidation sites excluding steroid dienone is 5. The first-order valence-electron chi connectivity index (χ1n) is 6.11. The van der Waals surface area contributed by atoms with Crippen LogP contribution in [-0.4, -0.2) is 18.5 Å². The van der Waals surface area contributed by atoms with Crippen molar-refractivity contribution >= 4 is 18.5 Å². The Hall–Kier alpha value is -1.91. The van der Waals surface area contributed by atoms with Gasteiger partial charge in [0.25, 0.3) is 0 Å². The van der Waals surface area contributed by atoms with Gasteiger partial charge < -0.3 is 9.31 Å². The monoisotopic (exact) mass is 246 g/mol. The van der Waals surface area contributed by atoms with Gasteiger partial charge in [0, 0.05) is 5.82 Å². The predicted molar refractivity (Wildman–Crippen MR) is 68.1 cm³/mol. The van der Waals surface area contributed by atoms with E-state index in [4.69, 9.17) is 9.31 Å². The Labute approximate surface area is 106 Å². The topological polar surface area (TPSA) is 52.6 Å². The first-order valence-corrected chi connectivity index (χ1v) is 6.11. The van der Waals surface area contributed by atoms with Crippen molar-refractivity contribution in [2.45, 2.75) is 26.2 Å². The molecule has 0 spiro atoms. The van der Waals surface area contributed by atoms with Crippen molar-refractivity contribution in [3.8, 4) is 0 Å². The van der Waals surface area contributed by atoms with E-state index in [1.165, 1.54) is 0 Å². The van der Waals surface area contributed by atoms with Crippen molar-refractivity contribution in [2.75, 3.05) is 0 Å². The fourth-order valence-electron chi connectivity index (χ4n) is 2.15. The molecule has 0 aromatic carbocycles. The molecule has 5 heteroatoms. The van der Waals surface area contributed by atoms with Gasteiger partial charge in [-0.15, -0.1) is 5.98 Å². The molecular formula is C13H15BO4. The van der Waals surface area contributed by atoms with Crippen LogP contribution in [0.2, 0.25) is 0 Å². The Morgan fingerprint density at radius 1 is 1.11 bits per heavy atom. The predicted octanol–water partition coefficient (Wildman–Crippen LogP) is 2.05. The molecule has 0 aliphatic carbocycles. The van der Waals surface area contributed by atoms with Crippen molar-refractivity contribution < 1.29 is 18.9 Å². The van der Waals surface area contributed by atoms with Crippen LogP contribution in [-0.2, 0) is 18.9 Å². The highest BCUT2D eigenvalue weighted by atomic mass is 16.7. The number of carbonyl (C=O) groups excluding carboxylic acids is 2. The van der Waals surface area contributed by atoms with Crippen LogP contribution in [0.1, 0.15) is 26.2 Å². The summed E-state index contributed by atoms with van der Waals surface area (Å²) in [4.78, 5) is 22.5. The zero-order valence-electron chi connectivity index (χ0n) is 10.3. The second kappa shape index (κ2) is 5.17. The van der Waals surface area contributed by atoms with E-state index in [2.05, 4.69) is 6.92 Å². The zero-order chi connectivity index (χ0) is 13.0. The number of hydrogen-bond acceptors (Lipinski definition) is 4. The molecule has 94 valence electrons. The summed E-state index contributed by atoms with van der Waals surface area (Å²) in [6, 6.07) is 0. The first kappa shape index (κ1) is 12.5. The SMILES string of the molecule is CC/C=C/C=C/C=C/[B-]12OC(=O)C[C+]1CC(=O)O2. The van der Waals surface area contributed by atoms with Crippen molar-refractivity contribution in [1.82, 2.24) is 0 Å². The Morgan fingerprint density at radius 2 is 1.72 bits per heavy atom. The molecule has 0 aromatic heterocycles. The van der Waals surface area contributed by atoms with Crippen molar-refractivity contribution in [2.24, 2.45) is 0 Å². The summed E-state index contributed by atoms with van der Waals surface area (Å²) in [5.74, 6) is 1.77. The summed E-state index contributed by atoms with van der Waals surface area (Å²) in [5, 5.41) is 0. The zero-order valence-corrected chi connectivity index (χ0v) is 10.3. The summed E-state index contributed by atoms with van der Waals surface area (Å²) in [7, 11) is 0. The van der Waals surface area contributed by atoms with E-state index in [1.54, 1.807) is 12.1 Å².